The zero-order chi connectivity index (χ0) is 22.9. The maximum absolute atomic E-state index is 13.3. The van der Waals surface area contributed by atoms with Crippen LogP contribution in [0.15, 0.2) is 34.7 Å². The first-order valence-corrected chi connectivity index (χ1v) is 10.4. The third kappa shape index (κ3) is 4.13. The lowest BCUT2D eigenvalue weighted by Crippen LogP contribution is -2.38. The number of Topliss-reactive ketones (excluding diaryl/α,β-unsaturated/α-hetero) is 1. The number of allylic oxidation sites excluding steroid dienone is 3. The molecule has 0 spiro atoms. The molecule has 0 saturated carbocycles. The van der Waals surface area contributed by atoms with Crippen LogP contribution in [0.1, 0.15) is 52.0 Å². The molecule has 1 aliphatic carbocycles. The molecule has 0 bridgehead atoms. The molecule has 1 atom stereocenters. The first kappa shape index (κ1) is 22.7. The summed E-state index contributed by atoms with van der Waals surface area (Å²) in [6, 6.07) is 3.59. The second kappa shape index (κ2) is 8.65. The first-order chi connectivity index (χ1) is 14.7. The number of carbonyl (C=O) groups is 2. The summed E-state index contributed by atoms with van der Waals surface area (Å²) in [6.45, 7) is 7.99. The summed E-state index contributed by atoms with van der Waals surface area (Å²) in [7, 11) is 4.61. The third-order valence-corrected chi connectivity index (χ3v) is 5.76. The average molecular weight is 430 g/mol. The molecule has 0 saturated heterocycles. The van der Waals surface area contributed by atoms with Gasteiger partial charge in [-0.15, -0.1) is 0 Å². The van der Waals surface area contributed by atoms with Crippen LogP contribution in [0.4, 0.5) is 0 Å². The minimum absolute atomic E-state index is 0.0202. The van der Waals surface area contributed by atoms with E-state index in [-0.39, 0.29) is 17.8 Å². The summed E-state index contributed by atoms with van der Waals surface area (Å²) >= 11 is 0. The Morgan fingerprint density at radius 3 is 2.23 bits per heavy atom. The van der Waals surface area contributed by atoms with E-state index < -0.39 is 11.9 Å². The molecule has 7 heteroatoms. The van der Waals surface area contributed by atoms with Crippen molar-refractivity contribution in [3.8, 4) is 17.2 Å². The molecule has 1 heterocycles. The van der Waals surface area contributed by atoms with Gasteiger partial charge in [0.2, 0.25) is 5.75 Å². The van der Waals surface area contributed by atoms with Crippen molar-refractivity contribution >= 4 is 11.8 Å². The fraction of sp³-hybridized carbons (Fsp3) is 0.500. The molecule has 3 rings (SSSR count). The molecule has 31 heavy (non-hydrogen) atoms. The van der Waals surface area contributed by atoms with Crippen LogP contribution >= 0.6 is 0 Å². The molecule has 1 aliphatic heterocycles. The lowest BCUT2D eigenvalue weighted by atomic mass is 9.68. The summed E-state index contributed by atoms with van der Waals surface area (Å²) in [6.07, 6.45) is 1.12. The Balaban J connectivity index is 2.27. The van der Waals surface area contributed by atoms with Gasteiger partial charge in [0.15, 0.2) is 17.3 Å². The predicted molar refractivity (Wildman–Crippen MR) is 116 cm³/mol. The summed E-state index contributed by atoms with van der Waals surface area (Å²) in [5.41, 5.74) is 3.10. The monoisotopic (exact) mass is 429 g/mol. The Morgan fingerprint density at radius 1 is 1.10 bits per heavy atom. The molecule has 1 aromatic carbocycles. The minimum atomic E-state index is -0.590. The molecular formula is C24H31NO6. The van der Waals surface area contributed by atoms with Crippen LogP contribution in [-0.4, -0.2) is 39.7 Å². The highest BCUT2D eigenvalue weighted by molar-refractivity contribution is 6.04. The highest BCUT2D eigenvalue weighted by atomic mass is 16.5. The highest BCUT2D eigenvalue weighted by Crippen LogP contribution is 2.49. The number of dihydropyridines is 1. The lowest BCUT2D eigenvalue weighted by molar-refractivity contribution is -0.138. The van der Waals surface area contributed by atoms with Gasteiger partial charge >= 0.3 is 5.97 Å². The maximum atomic E-state index is 13.3. The summed E-state index contributed by atoms with van der Waals surface area (Å²) in [5.74, 6) is 0.352. The molecule has 168 valence electrons. The van der Waals surface area contributed by atoms with E-state index in [2.05, 4.69) is 19.2 Å². The van der Waals surface area contributed by atoms with Gasteiger partial charge < -0.3 is 24.3 Å². The number of rotatable bonds is 6. The number of hydrogen-bond donors (Lipinski definition) is 1. The molecule has 1 aromatic rings. The fourth-order valence-electron chi connectivity index (χ4n) is 4.52. The number of methoxy groups -OCH3 is 3. The van der Waals surface area contributed by atoms with Gasteiger partial charge in [0.05, 0.1) is 33.5 Å². The van der Waals surface area contributed by atoms with E-state index in [1.807, 2.05) is 6.92 Å². The van der Waals surface area contributed by atoms with Gasteiger partial charge in [0.1, 0.15) is 0 Å². The minimum Gasteiger partial charge on any atom is -0.493 e. The van der Waals surface area contributed by atoms with E-state index >= 15 is 0 Å². The van der Waals surface area contributed by atoms with Gasteiger partial charge in [-0.05, 0) is 43.4 Å². The molecule has 0 radical (unpaired) electrons. The zero-order valence-electron chi connectivity index (χ0n) is 19.3. The molecule has 0 fully saturated rings. The second-order valence-electron chi connectivity index (χ2n) is 8.61. The Hall–Kier alpha value is -2.96. The number of benzene rings is 1. The zero-order valence-corrected chi connectivity index (χ0v) is 19.3. The second-order valence-corrected chi connectivity index (χ2v) is 8.61. The van der Waals surface area contributed by atoms with Gasteiger partial charge in [0.25, 0.3) is 0 Å². The van der Waals surface area contributed by atoms with Crippen molar-refractivity contribution in [1.29, 1.82) is 0 Å². The quantitative estimate of drug-likeness (QED) is 0.687. The molecule has 1 unspecified atom stereocenters. The number of hydrogen-bond acceptors (Lipinski definition) is 7. The van der Waals surface area contributed by atoms with Crippen LogP contribution < -0.4 is 19.5 Å². The van der Waals surface area contributed by atoms with Crippen LogP contribution in [0.3, 0.4) is 0 Å². The van der Waals surface area contributed by atoms with E-state index in [0.29, 0.717) is 52.5 Å². The Morgan fingerprint density at radius 2 is 1.71 bits per heavy atom. The van der Waals surface area contributed by atoms with Crippen molar-refractivity contribution in [2.45, 2.75) is 46.5 Å². The van der Waals surface area contributed by atoms with E-state index in [9.17, 15) is 9.59 Å². The van der Waals surface area contributed by atoms with Crippen molar-refractivity contribution in [3.63, 3.8) is 0 Å². The number of ketones is 1. The topological polar surface area (TPSA) is 83.1 Å². The van der Waals surface area contributed by atoms with E-state index in [1.165, 1.54) is 21.3 Å². The van der Waals surface area contributed by atoms with Crippen molar-refractivity contribution in [1.82, 2.24) is 5.32 Å². The molecular weight excluding hydrogens is 398 g/mol. The SMILES string of the molecule is CCOC(=O)C1=C(C)NC2=C(C(=O)CC(C)(C)C2)C1c1cc(OC)c(OC)c(OC)c1. The van der Waals surface area contributed by atoms with Crippen molar-refractivity contribution in [3.05, 3.63) is 40.2 Å². The Labute approximate surface area is 183 Å². The van der Waals surface area contributed by atoms with Gasteiger partial charge in [0, 0.05) is 29.3 Å². The summed E-state index contributed by atoms with van der Waals surface area (Å²) in [5, 5.41) is 3.32. The molecule has 2 aliphatic rings. The number of ether oxygens (including phenoxy) is 4. The molecule has 0 amide bonds. The Kier molecular flexibility index (Phi) is 6.34. The number of carbonyl (C=O) groups excluding carboxylic acids is 2. The average Bonchev–Trinajstić information content (AvgIpc) is 2.70. The largest absolute Gasteiger partial charge is 0.493 e. The number of nitrogens with one attached hydrogen (secondary N) is 1. The van der Waals surface area contributed by atoms with Crippen LogP contribution in [0.2, 0.25) is 0 Å². The Bertz CT molecular complexity index is 947. The van der Waals surface area contributed by atoms with E-state index in [4.69, 9.17) is 18.9 Å². The smallest absolute Gasteiger partial charge is 0.336 e. The third-order valence-electron chi connectivity index (χ3n) is 5.76. The van der Waals surface area contributed by atoms with Crippen molar-refractivity contribution < 1.29 is 28.5 Å². The van der Waals surface area contributed by atoms with Gasteiger partial charge in [-0.2, -0.15) is 0 Å². The fourth-order valence-corrected chi connectivity index (χ4v) is 4.52. The van der Waals surface area contributed by atoms with Crippen molar-refractivity contribution in [2.24, 2.45) is 5.41 Å². The van der Waals surface area contributed by atoms with Crippen LogP contribution in [-0.2, 0) is 14.3 Å². The van der Waals surface area contributed by atoms with Crippen LogP contribution in [0, 0.1) is 5.41 Å². The first-order valence-electron chi connectivity index (χ1n) is 10.4. The van der Waals surface area contributed by atoms with Crippen molar-refractivity contribution in [2.75, 3.05) is 27.9 Å². The standard InChI is InChI=1S/C24H31NO6/c1-8-31-23(27)19-13(2)25-15-11-24(3,4)12-16(26)21(15)20(19)14-9-17(28-5)22(30-7)18(10-14)29-6/h9-10,20,25H,8,11-12H2,1-7H3. The molecule has 0 aromatic heterocycles. The van der Waals surface area contributed by atoms with Gasteiger partial charge in [-0.25, -0.2) is 4.79 Å². The van der Waals surface area contributed by atoms with Crippen LogP contribution in [0.25, 0.3) is 0 Å². The number of esters is 1. The van der Waals surface area contributed by atoms with Crippen LogP contribution in [0.5, 0.6) is 17.2 Å². The van der Waals surface area contributed by atoms with Gasteiger partial charge in [-0.1, -0.05) is 13.8 Å². The molecule has 1 N–H and O–H groups in total. The molecule has 7 nitrogen and oxygen atoms in total. The highest BCUT2D eigenvalue weighted by Gasteiger charge is 2.43. The predicted octanol–water partition coefficient (Wildman–Crippen LogP) is 3.88. The maximum Gasteiger partial charge on any atom is 0.336 e. The normalized spacial score (nSPS) is 20.1. The van der Waals surface area contributed by atoms with E-state index in [1.54, 1.807) is 19.1 Å². The van der Waals surface area contributed by atoms with E-state index in [0.717, 1.165) is 5.70 Å². The van der Waals surface area contributed by atoms with Gasteiger partial charge in [-0.3, -0.25) is 4.79 Å². The summed E-state index contributed by atoms with van der Waals surface area (Å²) in [4.78, 5) is 26.3. The lowest BCUT2D eigenvalue weighted by Gasteiger charge is -2.39. The summed E-state index contributed by atoms with van der Waals surface area (Å²) < 4.78 is 21.8.